The molecule has 1 saturated heterocycles. The van der Waals surface area contributed by atoms with E-state index in [4.69, 9.17) is 10.8 Å². The van der Waals surface area contributed by atoms with Crippen LogP contribution in [0.25, 0.3) is 0 Å². The molecule has 1 unspecified atom stereocenters. The molecule has 0 aliphatic carbocycles. The van der Waals surface area contributed by atoms with Gasteiger partial charge in [-0.25, -0.2) is 0 Å². The van der Waals surface area contributed by atoms with Crippen LogP contribution in [-0.2, 0) is 0 Å². The van der Waals surface area contributed by atoms with Crippen molar-refractivity contribution in [3.05, 3.63) is 0 Å². The summed E-state index contributed by atoms with van der Waals surface area (Å²) in [5, 5.41) is 8.75. The van der Waals surface area contributed by atoms with Crippen LogP contribution in [0.2, 0.25) is 0 Å². The summed E-state index contributed by atoms with van der Waals surface area (Å²) in [6, 6.07) is 0. The lowest BCUT2D eigenvalue weighted by Crippen LogP contribution is -2.50. The molecule has 1 atom stereocenters. The van der Waals surface area contributed by atoms with Gasteiger partial charge in [-0.1, -0.05) is 0 Å². The van der Waals surface area contributed by atoms with Crippen LogP contribution in [0.5, 0.6) is 0 Å². The quantitative estimate of drug-likeness (QED) is 0.710. The van der Waals surface area contributed by atoms with E-state index in [-0.39, 0.29) is 19.7 Å². The Balaban J connectivity index is 2.34. The maximum Gasteiger partial charge on any atom is 0.394 e. The van der Waals surface area contributed by atoms with E-state index in [1.54, 1.807) is 4.90 Å². The number of nitrogens with two attached hydrogens (primary N) is 1. The molecule has 4 nitrogen and oxygen atoms in total. The second-order valence-electron chi connectivity index (χ2n) is 4.34. The van der Waals surface area contributed by atoms with Gasteiger partial charge in [-0.2, -0.15) is 13.2 Å². The number of nitrogens with zero attached hydrogens (tertiary/aromatic N) is 2. The molecule has 0 radical (unpaired) electrons. The molecule has 3 N–H and O–H groups in total. The summed E-state index contributed by atoms with van der Waals surface area (Å²) in [7, 11) is 0. The van der Waals surface area contributed by atoms with E-state index >= 15 is 0 Å². The molecule has 7 heteroatoms. The summed E-state index contributed by atoms with van der Waals surface area (Å²) in [6.45, 7) is 2.92. The summed E-state index contributed by atoms with van der Waals surface area (Å²) >= 11 is 0. The fraction of sp³-hybridized carbons (Fsp3) is 1.00. The first-order valence-electron chi connectivity index (χ1n) is 5.79. The lowest BCUT2D eigenvalue weighted by Gasteiger charge is -2.36. The SMILES string of the molecule is NCC(CN1CCN(CCO)CC1)C(F)(F)F. The van der Waals surface area contributed by atoms with E-state index < -0.39 is 12.1 Å². The standard InChI is InChI=1S/C10H20F3N3O/c11-10(12,13)9(7-14)8-16-3-1-15(2-4-16)5-6-17/h9,17H,1-8,14H2. The van der Waals surface area contributed by atoms with Crippen LogP contribution in [-0.4, -0.2) is 73.5 Å². The second-order valence-corrected chi connectivity index (χ2v) is 4.34. The van der Waals surface area contributed by atoms with Gasteiger partial charge in [0.1, 0.15) is 0 Å². The summed E-state index contributed by atoms with van der Waals surface area (Å²) in [6.07, 6.45) is -4.21. The van der Waals surface area contributed by atoms with Crippen LogP contribution in [0.3, 0.4) is 0 Å². The van der Waals surface area contributed by atoms with Gasteiger partial charge in [-0.05, 0) is 0 Å². The molecule has 0 aromatic carbocycles. The van der Waals surface area contributed by atoms with Crippen molar-refractivity contribution in [2.75, 3.05) is 52.4 Å². The minimum absolute atomic E-state index is 0.0209. The molecule has 102 valence electrons. The normalized spacial score (nSPS) is 21.7. The molecule has 0 spiro atoms. The van der Waals surface area contributed by atoms with E-state index in [2.05, 4.69) is 0 Å². The van der Waals surface area contributed by atoms with E-state index in [1.807, 2.05) is 4.90 Å². The minimum Gasteiger partial charge on any atom is -0.395 e. The molecule has 1 heterocycles. The Morgan fingerprint density at radius 2 is 1.65 bits per heavy atom. The molecule has 1 aliphatic heterocycles. The van der Waals surface area contributed by atoms with Crippen LogP contribution < -0.4 is 5.73 Å². The van der Waals surface area contributed by atoms with Gasteiger partial charge in [0.25, 0.3) is 0 Å². The smallest absolute Gasteiger partial charge is 0.394 e. The number of hydrogen-bond acceptors (Lipinski definition) is 4. The molecular weight excluding hydrogens is 235 g/mol. The number of aliphatic hydroxyl groups is 1. The van der Waals surface area contributed by atoms with Crippen molar-refractivity contribution >= 4 is 0 Å². The third-order valence-corrected chi connectivity index (χ3v) is 3.11. The predicted molar refractivity (Wildman–Crippen MR) is 58.6 cm³/mol. The number of alkyl halides is 3. The molecule has 1 rings (SSSR count). The van der Waals surface area contributed by atoms with Crippen LogP contribution in [0.4, 0.5) is 13.2 Å². The maximum absolute atomic E-state index is 12.5. The highest BCUT2D eigenvalue weighted by molar-refractivity contribution is 4.77. The van der Waals surface area contributed by atoms with Crippen LogP contribution in [0.15, 0.2) is 0 Å². The Morgan fingerprint density at radius 3 is 2.06 bits per heavy atom. The van der Waals surface area contributed by atoms with Crippen molar-refractivity contribution in [3.63, 3.8) is 0 Å². The maximum atomic E-state index is 12.5. The lowest BCUT2D eigenvalue weighted by molar-refractivity contribution is -0.177. The highest BCUT2D eigenvalue weighted by Gasteiger charge is 2.39. The Bertz CT molecular complexity index is 217. The van der Waals surface area contributed by atoms with Crippen molar-refractivity contribution in [1.82, 2.24) is 9.80 Å². The molecule has 0 amide bonds. The van der Waals surface area contributed by atoms with Gasteiger partial charge in [-0.3, -0.25) is 4.90 Å². The van der Waals surface area contributed by atoms with E-state index in [0.717, 1.165) is 0 Å². The first kappa shape index (κ1) is 14.7. The predicted octanol–water partition coefficient (Wildman–Crippen LogP) is -0.266. The summed E-state index contributed by atoms with van der Waals surface area (Å²) in [5.74, 6) is -1.44. The summed E-state index contributed by atoms with van der Waals surface area (Å²) in [4.78, 5) is 3.83. The van der Waals surface area contributed by atoms with E-state index in [9.17, 15) is 13.2 Å². The third-order valence-electron chi connectivity index (χ3n) is 3.11. The van der Waals surface area contributed by atoms with Gasteiger partial charge in [0, 0.05) is 45.8 Å². The largest absolute Gasteiger partial charge is 0.395 e. The molecule has 1 fully saturated rings. The van der Waals surface area contributed by atoms with Crippen molar-refractivity contribution in [3.8, 4) is 0 Å². The first-order valence-corrected chi connectivity index (χ1v) is 5.79. The number of rotatable bonds is 5. The summed E-state index contributed by atoms with van der Waals surface area (Å²) in [5.41, 5.74) is 5.16. The third kappa shape index (κ3) is 4.79. The number of hydrogen-bond donors (Lipinski definition) is 2. The molecule has 17 heavy (non-hydrogen) atoms. The lowest BCUT2D eigenvalue weighted by atomic mass is 10.1. The van der Waals surface area contributed by atoms with E-state index in [1.165, 1.54) is 0 Å². The second kappa shape index (κ2) is 6.53. The Kier molecular flexibility index (Phi) is 5.64. The Labute approximate surface area is 99.2 Å². The summed E-state index contributed by atoms with van der Waals surface area (Å²) < 4.78 is 37.6. The zero-order valence-corrected chi connectivity index (χ0v) is 9.79. The molecule has 0 bridgehead atoms. The first-order chi connectivity index (χ1) is 7.97. The molecule has 0 saturated carbocycles. The number of halogens is 3. The van der Waals surface area contributed by atoms with Crippen molar-refractivity contribution in [2.24, 2.45) is 11.7 Å². The van der Waals surface area contributed by atoms with Crippen LogP contribution >= 0.6 is 0 Å². The average molecular weight is 255 g/mol. The van der Waals surface area contributed by atoms with Gasteiger partial charge in [0.2, 0.25) is 0 Å². The average Bonchev–Trinajstić information content (AvgIpc) is 2.27. The number of aliphatic hydroxyl groups excluding tert-OH is 1. The minimum atomic E-state index is -4.21. The van der Waals surface area contributed by atoms with Crippen molar-refractivity contribution in [1.29, 1.82) is 0 Å². The van der Waals surface area contributed by atoms with Gasteiger partial charge in [-0.15, -0.1) is 0 Å². The highest BCUT2D eigenvalue weighted by Crippen LogP contribution is 2.26. The monoisotopic (exact) mass is 255 g/mol. The molecule has 0 aromatic heterocycles. The topological polar surface area (TPSA) is 52.7 Å². The number of piperazine rings is 1. The van der Waals surface area contributed by atoms with Gasteiger partial charge in [0.05, 0.1) is 12.5 Å². The van der Waals surface area contributed by atoms with Crippen LogP contribution in [0.1, 0.15) is 0 Å². The van der Waals surface area contributed by atoms with Crippen molar-refractivity contribution in [2.45, 2.75) is 6.18 Å². The highest BCUT2D eigenvalue weighted by atomic mass is 19.4. The van der Waals surface area contributed by atoms with Crippen molar-refractivity contribution < 1.29 is 18.3 Å². The zero-order chi connectivity index (χ0) is 12.9. The Morgan fingerprint density at radius 1 is 1.12 bits per heavy atom. The van der Waals surface area contributed by atoms with Gasteiger partial charge < -0.3 is 15.7 Å². The molecule has 1 aliphatic rings. The van der Waals surface area contributed by atoms with Crippen LogP contribution in [0, 0.1) is 5.92 Å². The Hall–Kier alpha value is -0.370. The fourth-order valence-electron chi connectivity index (χ4n) is 1.96. The van der Waals surface area contributed by atoms with E-state index in [0.29, 0.717) is 32.7 Å². The molecular formula is C10H20F3N3O. The molecule has 0 aromatic rings. The fourth-order valence-corrected chi connectivity index (χ4v) is 1.96. The van der Waals surface area contributed by atoms with Gasteiger partial charge >= 0.3 is 6.18 Å². The zero-order valence-electron chi connectivity index (χ0n) is 9.79. The number of β-amino-alcohol motifs (C(OH)–C–C–N with tert-alkyl or cyclic N) is 1. The van der Waals surface area contributed by atoms with Gasteiger partial charge in [0.15, 0.2) is 0 Å².